The van der Waals surface area contributed by atoms with Gasteiger partial charge >= 0.3 is 0 Å². The number of benzene rings is 1. The van der Waals surface area contributed by atoms with Crippen LogP contribution in [-0.2, 0) is 19.4 Å². The maximum Gasteiger partial charge on any atom is 0.245 e. The van der Waals surface area contributed by atoms with Crippen molar-refractivity contribution in [2.24, 2.45) is 5.92 Å². The van der Waals surface area contributed by atoms with Crippen LogP contribution in [-0.4, -0.2) is 49.3 Å². The van der Waals surface area contributed by atoms with Crippen LogP contribution in [0, 0.1) is 12.8 Å². The number of aromatic nitrogens is 1. The molecule has 152 valence electrons. The Bertz CT molecular complexity index is 1200. The number of amides is 1. The van der Waals surface area contributed by atoms with E-state index in [9.17, 15) is 22.8 Å². The number of carbonyl (C=O) groups excluding carboxylic acids is 3. The Kier molecular flexibility index (Phi) is 5.22. The van der Waals surface area contributed by atoms with Gasteiger partial charge in [-0.2, -0.15) is 0 Å². The minimum atomic E-state index is -3.73. The van der Waals surface area contributed by atoms with E-state index >= 15 is 0 Å². The third kappa shape index (κ3) is 3.63. The van der Waals surface area contributed by atoms with Gasteiger partial charge in [-0.05, 0) is 26.0 Å². The second kappa shape index (κ2) is 7.23. The van der Waals surface area contributed by atoms with Crippen LogP contribution in [0.15, 0.2) is 39.4 Å². The minimum absolute atomic E-state index is 0.0450. The Morgan fingerprint density at radius 1 is 1.24 bits per heavy atom. The lowest BCUT2D eigenvalue weighted by molar-refractivity contribution is -0.136. The fourth-order valence-electron chi connectivity index (χ4n) is 3.04. The highest BCUT2D eigenvalue weighted by Gasteiger charge is 2.40. The zero-order valence-electron chi connectivity index (χ0n) is 16.0. The minimum Gasteiger partial charge on any atom is -0.356 e. The summed E-state index contributed by atoms with van der Waals surface area (Å²) >= 11 is 6.41. The molecule has 2 aromatic rings. The Labute approximate surface area is 172 Å². The number of hydrogen-bond acceptors (Lipinski definition) is 7. The highest BCUT2D eigenvalue weighted by Crippen LogP contribution is 2.38. The summed E-state index contributed by atoms with van der Waals surface area (Å²) in [6, 6.07) is 3.87. The largest absolute Gasteiger partial charge is 0.356 e. The van der Waals surface area contributed by atoms with Crippen LogP contribution in [0.4, 0.5) is 0 Å². The Morgan fingerprint density at radius 3 is 2.45 bits per heavy atom. The van der Waals surface area contributed by atoms with Gasteiger partial charge in [0.2, 0.25) is 5.91 Å². The van der Waals surface area contributed by atoms with E-state index < -0.39 is 33.2 Å². The van der Waals surface area contributed by atoms with E-state index in [-0.39, 0.29) is 26.8 Å². The van der Waals surface area contributed by atoms with Crippen molar-refractivity contribution >= 4 is 38.9 Å². The molecular formula is C19H17ClN2O6S. The summed E-state index contributed by atoms with van der Waals surface area (Å²) in [6.45, 7) is 3.22. The summed E-state index contributed by atoms with van der Waals surface area (Å²) in [5.41, 5.74) is 0.695. The van der Waals surface area contributed by atoms with Crippen LogP contribution >= 0.6 is 11.6 Å². The summed E-state index contributed by atoms with van der Waals surface area (Å²) in [5, 5.41) is 3.50. The lowest BCUT2D eigenvalue weighted by Crippen LogP contribution is -2.43. The fraction of sp³-hybridized carbons (Fsp3) is 0.263. The first-order valence-electron chi connectivity index (χ1n) is 8.43. The van der Waals surface area contributed by atoms with Crippen molar-refractivity contribution in [3.8, 4) is 11.3 Å². The highest BCUT2D eigenvalue weighted by molar-refractivity contribution is 7.90. The molecule has 2 heterocycles. The molecule has 0 saturated carbocycles. The first kappa shape index (κ1) is 20.9. The Morgan fingerprint density at radius 2 is 1.90 bits per heavy atom. The molecule has 1 atom stereocenters. The van der Waals surface area contributed by atoms with Crippen LogP contribution < -0.4 is 0 Å². The number of aryl methyl sites for hydroxylation is 1. The van der Waals surface area contributed by atoms with Crippen molar-refractivity contribution in [2.75, 3.05) is 13.3 Å². The second-order valence-corrected chi connectivity index (χ2v) is 9.15. The van der Waals surface area contributed by atoms with Crippen LogP contribution in [0.5, 0.6) is 0 Å². The summed E-state index contributed by atoms with van der Waals surface area (Å²) in [4.78, 5) is 39.0. The predicted octanol–water partition coefficient (Wildman–Crippen LogP) is 2.45. The number of hydrogen-bond donors (Lipinski definition) is 0. The topological polar surface area (TPSA) is 115 Å². The monoisotopic (exact) mass is 436 g/mol. The smallest absolute Gasteiger partial charge is 0.245 e. The molecule has 1 aromatic carbocycles. The number of rotatable bonds is 4. The molecule has 1 amide bonds. The Balaban J connectivity index is 2.21. The number of allylic oxidation sites excluding steroid dienone is 2. The molecule has 0 aliphatic carbocycles. The molecule has 1 unspecified atom stereocenters. The molecule has 8 nitrogen and oxygen atoms in total. The molecule has 3 rings (SSSR count). The lowest BCUT2D eigenvalue weighted by Gasteiger charge is -2.27. The van der Waals surface area contributed by atoms with E-state index in [2.05, 4.69) is 5.16 Å². The maximum atomic E-state index is 13.1. The molecule has 1 aliphatic rings. The standard InChI is InChI=1S/C19H17ClN2O6S/c1-9-7-13(28-21-9)16-14(29(4,26)27)6-5-11(17(16)20)18(24)15-12(23)8-10(2)22(3)19(15)25/h5-8,15H,1-4H3. The summed E-state index contributed by atoms with van der Waals surface area (Å²) < 4.78 is 29.6. The number of Topliss-reactive ketones (excluding diaryl/α,β-unsaturated/α-hetero) is 1. The first-order chi connectivity index (χ1) is 13.4. The van der Waals surface area contributed by atoms with Gasteiger partial charge in [0.15, 0.2) is 33.1 Å². The summed E-state index contributed by atoms with van der Waals surface area (Å²) in [6.07, 6.45) is 2.20. The van der Waals surface area contributed by atoms with E-state index in [1.807, 2.05) is 0 Å². The van der Waals surface area contributed by atoms with Crippen molar-refractivity contribution in [2.45, 2.75) is 18.7 Å². The lowest BCUT2D eigenvalue weighted by atomic mass is 9.88. The number of halogens is 1. The van der Waals surface area contributed by atoms with Crippen molar-refractivity contribution < 1.29 is 27.3 Å². The SMILES string of the molecule is CC1=CC(=O)C(C(=O)c2ccc(S(C)(=O)=O)c(-c3cc(C)no3)c2Cl)C(=O)N1C. The molecule has 0 saturated heterocycles. The van der Waals surface area contributed by atoms with Crippen LogP contribution in [0.1, 0.15) is 23.0 Å². The van der Waals surface area contributed by atoms with Crippen LogP contribution in [0.2, 0.25) is 5.02 Å². The van der Waals surface area contributed by atoms with E-state index in [4.69, 9.17) is 16.1 Å². The zero-order chi connectivity index (χ0) is 21.7. The highest BCUT2D eigenvalue weighted by atomic mass is 35.5. The van der Waals surface area contributed by atoms with Crippen LogP contribution in [0.3, 0.4) is 0 Å². The van der Waals surface area contributed by atoms with Crippen molar-refractivity contribution in [3.05, 3.63) is 46.3 Å². The van der Waals surface area contributed by atoms with E-state index in [1.165, 1.54) is 36.2 Å². The summed E-state index contributed by atoms with van der Waals surface area (Å²) in [5.74, 6) is -3.69. The van der Waals surface area contributed by atoms with Gasteiger partial charge in [0, 0.05) is 36.7 Å². The first-order valence-corrected chi connectivity index (χ1v) is 10.7. The van der Waals surface area contributed by atoms with E-state index in [1.54, 1.807) is 13.8 Å². The van der Waals surface area contributed by atoms with Crippen molar-refractivity contribution in [1.29, 1.82) is 0 Å². The Hall–Kier alpha value is -2.78. The van der Waals surface area contributed by atoms with Gasteiger partial charge in [-0.15, -0.1) is 0 Å². The summed E-state index contributed by atoms with van der Waals surface area (Å²) in [7, 11) is -2.28. The van der Waals surface area contributed by atoms with Gasteiger partial charge in [0.1, 0.15) is 0 Å². The maximum absolute atomic E-state index is 13.1. The number of carbonyl (C=O) groups is 3. The second-order valence-electron chi connectivity index (χ2n) is 6.79. The average molecular weight is 437 g/mol. The van der Waals surface area contributed by atoms with Crippen LogP contribution in [0.25, 0.3) is 11.3 Å². The number of ketones is 2. The van der Waals surface area contributed by atoms with Crippen molar-refractivity contribution in [1.82, 2.24) is 10.1 Å². The molecule has 0 spiro atoms. The zero-order valence-corrected chi connectivity index (χ0v) is 17.6. The molecule has 0 bridgehead atoms. The average Bonchev–Trinajstić information content (AvgIpc) is 3.04. The molecule has 10 heteroatoms. The molecule has 0 radical (unpaired) electrons. The third-order valence-corrected chi connectivity index (χ3v) is 6.18. The quantitative estimate of drug-likeness (QED) is 0.534. The predicted molar refractivity (Wildman–Crippen MR) is 104 cm³/mol. The molecule has 1 aromatic heterocycles. The van der Waals surface area contributed by atoms with E-state index in [0.717, 1.165) is 6.26 Å². The third-order valence-electron chi connectivity index (χ3n) is 4.65. The normalized spacial score (nSPS) is 17.5. The van der Waals surface area contributed by atoms with Gasteiger partial charge in [-0.1, -0.05) is 16.8 Å². The number of nitrogens with zero attached hydrogens (tertiary/aromatic N) is 2. The van der Waals surface area contributed by atoms with Gasteiger partial charge in [-0.3, -0.25) is 14.4 Å². The number of sulfone groups is 1. The molecule has 0 fully saturated rings. The van der Waals surface area contributed by atoms with Crippen molar-refractivity contribution in [3.63, 3.8) is 0 Å². The van der Waals surface area contributed by atoms with Gasteiger partial charge in [0.05, 0.1) is 21.2 Å². The van der Waals surface area contributed by atoms with Gasteiger partial charge < -0.3 is 9.42 Å². The fourth-order valence-corrected chi connectivity index (χ4v) is 4.34. The molecule has 1 aliphatic heterocycles. The van der Waals surface area contributed by atoms with E-state index in [0.29, 0.717) is 11.4 Å². The molecular weight excluding hydrogens is 420 g/mol. The van der Waals surface area contributed by atoms with Gasteiger partial charge in [0.25, 0.3) is 0 Å². The molecule has 29 heavy (non-hydrogen) atoms. The molecule has 0 N–H and O–H groups in total. The van der Waals surface area contributed by atoms with Gasteiger partial charge in [-0.25, -0.2) is 8.42 Å².